The summed E-state index contributed by atoms with van der Waals surface area (Å²) in [7, 11) is 0. The first-order valence-corrected chi connectivity index (χ1v) is 4.36. The van der Waals surface area contributed by atoms with Crippen molar-refractivity contribution in [2.45, 2.75) is 12.8 Å². The third-order valence-electron chi connectivity index (χ3n) is 1.62. The second-order valence-corrected chi connectivity index (χ2v) is 2.76. The Morgan fingerprint density at radius 3 is 2.67 bits per heavy atom. The highest BCUT2D eigenvalue weighted by atomic mass is 19.3. The van der Waals surface area contributed by atoms with Gasteiger partial charge in [0.2, 0.25) is 0 Å². The van der Waals surface area contributed by atoms with Gasteiger partial charge in [0.1, 0.15) is 0 Å². The van der Waals surface area contributed by atoms with Gasteiger partial charge in [-0.3, -0.25) is 9.69 Å². The molecule has 0 saturated carbocycles. The lowest BCUT2D eigenvalue weighted by Crippen LogP contribution is -2.35. The largest absolute Gasteiger partial charge is 0.395 e. The normalized spacial score (nSPS) is 11.1. The van der Waals surface area contributed by atoms with Crippen molar-refractivity contribution in [2.24, 2.45) is 5.84 Å². The first-order chi connectivity index (χ1) is 7.10. The number of aliphatic hydroxyl groups is 1. The minimum Gasteiger partial charge on any atom is -0.395 e. The van der Waals surface area contributed by atoms with Gasteiger partial charge in [-0.05, 0) is 0 Å². The Morgan fingerprint density at radius 2 is 2.20 bits per heavy atom. The van der Waals surface area contributed by atoms with Gasteiger partial charge in [0, 0.05) is 13.1 Å². The highest BCUT2D eigenvalue weighted by Gasteiger charge is 2.13. The zero-order chi connectivity index (χ0) is 11.7. The molecule has 0 aliphatic rings. The molecular weight excluding hydrogens is 212 g/mol. The minimum absolute atomic E-state index is 0.0725. The molecule has 0 rings (SSSR count). The number of alkyl halides is 2. The summed E-state index contributed by atoms with van der Waals surface area (Å²) in [5, 5.41) is 8.58. The predicted octanol–water partition coefficient (Wildman–Crippen LogP) is -1.14. The average molecular weight is 227 g/mol. The van der Waals surface area contributed by atoms with Gasteiger partial charge in [-0.2, -0.15) is 0 Å². The SMILES string of the molecule is NNOC(=O)CCN(CCO)CC(F)F. The van der Waals surface area contributed by atoms with Crippen molar-refractivity contribution in [1.82, 2.24) is 10.5 Å². The quantitative estimate of drug-likeness (QED) is 0.359. The predicted molar refractivity (Wildman–Crippen MR) is 47.6 cm³/mol. The summed E-state index contributed by atoms with van der Waals surface area (Å²) in [6.45, 7) is -0.542. The lowest BCUT2D eigenvalue weighted by molar-refractivity contribution is -0.151. The smallest absolute Gasteiger partial charge is 0.327 e. The van der Waals surface area contributed by atoms with Gasteiger partial charge in [0.15, 0.2) is 0 Å². The molecular formula is C7H15F2N3O3. The number of hydrazine groups is 1. The number of nitrogens with zero attached hydrogens (tertiary/aromatic N) is 1. The van der Waals surface area contributed by atoms with Crippen molar-refractivity contribution >= 4 is 5.97 Å². The molecule has 0 aromatic carbocycles. The van der Waals surface area contributed by atoms with E-state index in [0.717, 1.165) is 0 Å². The van der Waals surface area contributed by atoms with Crippen LogP contribution < -0.4 is 11.4 Å². The maximum atomic E-state index is 12.0. The molecule has 0 amide bonds. The van der Waals surface area contributed by atoms with Crippen molar-refractivity contribution < 1.29 is 23.5 Å². The number of nitrogens with one attached hydrogen (secondary N) is 1. The molecule has 90 valence electrons. The number of rotatable bonds is 8. The summed E-state index contributed by atoms with van der Waals surface area (Å²) >= 11 is 0. The molecule has 15 heavy (non-hydrogen) atoms. The zero-order valence-electron chi connectivity index (χ0n) is 8.16. The first-order valence-electron chi connectivity index (χ1n) is 4.36. The fourth-order valence-electron chi connectivity index (χ4n) is 0.997. The number of halogens is 2. The van der Waals surface area contributed by atoms with Gasteiger partial charge in [-0.1, -0.05) is 5.59 Å². The van der Waals surface area contributed by atoms with E-state index in [1.807, 2.05) is 0 Å². The fourth-order valence-corrected chi connectivity index (χ4v) is 0.997. The highest BCUT2D eigenvalue weighted by molar-refractivity contribution is 5.69. The molecule has 0 fully saturated rings. The van der Waals surface area contributed by atoms with Gasteiger partial charge in [0.25, 0.3) is 6.43 Å². The molecule has 0 aromatic rings. The molecule has 0 radical (unpaired) electrons. The summed E-state index contributed by atoms with van der Waals surface area (Å²) in [4.78, 5) is 16.3. The fraction of sp³-hybridized carbons (Fsp3) is 0.857. The molecule has 0 bridgehead atoms. The molecule has 0 unspecified atom stereocenters. The highest BCUT2D eigenvalue weighted by Crippen LogP contribution is 1.99. The van der Waals surface area contributed by atoms with Gasteiger partial charge in [-0.25, -0.2) is 14.6 Å². The van der Waals surface area contributed by atoms with E-state index in [4.69, 9.17) is 10.9 Å². The number of carbonyl (C=O) groups excluding carboxylic acids is 1. The number of aliphatic hydroxyl groups excluding tert-OH is 1. The van der Waals surface area contributed by atoms with E-state index in [2.05, 4.69) is 4.84 Å². The summed E-state index contributed by atoms with van der Waals surface area (Å²) in [6, 6.07) is 0. The van der Waals surface area contributed by atoms with Crippen molar-refractivity contribution in [1.29, 1.82) is 0 Å². The van der Waals surface area contributed by atoms with Crippen LogP contribution in [0.4, 0.5) is 8.78 Å². The molecule has 0 saturated heterocycles. The number of hydrogen-bond acceptors (Lipinski definition) is 6. The van der Waals surface area contributed by atoms with E-state index in [1.165, 1.54) is 4.90 Å². The second-order valence-electron chi connectivity index (χ2n) is 2.76. The van der Waals surface area contributed by atoms with E-state index in [9.17, 15) is 13.6 Å². The van der Waals surface area contributed by atoms with Crippen molar-refractivity contribution in [2.75, 3.05) is 26.2 Å². The van der Waals surface area contributed by atoms with Crippen molar-refractivity contribution in [3.63, 3.8) is 0 Å². The average Bonchev–Trinajstić information content (AvgIpc) is 2.14. The summed E-state index contributed by atoms with van der Waals surface area (Å²) < 4.78 is 24.0. The van der Waals surface area contributed by atoms with Crippen LogP contribution in [0.3, 0.4) is 0 Å². The second kappa shape index (κ2) is 8.48. The van der Waals surface area contributed by atoms with Crippen LogP contribution in [-0.4, -0.2) is 48.6 Å². The lowest BCUT2D eigenvalue weighted by atomic mass is 10.3. The number of carbonyl (C=O) groups is 1. The van der Waals surface area contributed by atoms with Gasteiger partial charge < -0.3 is 9.94 Å². The molecule has 6 nitrogen and oxygen atoms in total. The van der Waals surface area contributed by atoms with Gasteiger partial charge in [0.05, 0.1) is 19.6 Å². The van der Waals surface area contributed by atoms with E-state index in [1.54, 1.807) is 5.59 Å². The van der Waals surface area contributed by atoms with E-state index in [0.29, 0.717) is 0 Å². The minimum atomic E-state index is -2.50. The van der Waals surface area contributed by atoms with Crippen molar-refractivity contribution in [3.05, 3.63) is 0 Å². The third-order valence-corrected chi connectivity index (χ3v) is 1.62. The molecule has 0 spiro atoms. The standard InChI is InChI=1S/C7H15F2N3O3/c8-6(9)5-12(3-4-13)2-1-7(14)15-11-10/h6,11,13H,1-5,10H2. The van der Waals surface area contributed by atoms with E-state index >= 15 is 0 Å². The topological polar surface area (TPSA) is 87.8 Å². The maximum absolute atomic E-state index is 12.0. The molecule has 0 aliphatic heterocycles. The first kappa shape index (κ1) is 14.2. The van der Waals surface area contributed by atoms with Crippen LogP contribution in [0.5, 0.6) is 0 Å². The lowest BCUT2D eigenvalue weighted by Gasteiger charge is -2.19. The summed E-state index contributed by atoms with van der Waals surface area (Å²) in [5.41, 5.74) is 1.70. The monoisotopic (exact) mass is 227 g/mol. The zero-order valence-corrected chi connectivity index (χ0v) is 8.16. The Kier molecular flexibility index (Phi) is 8.01. The molecule has 8 heteroatoms. The van der Waals surface area contributed by atoms with Crippen LogP contribution >= 0.6 is 0 Å². The summed E-state index contributed by atoms with van der Waals surface area (Å²) in [5.74, 6) is 4.06. The number of hydrogen-bond donors (Lipinski definition) is 3. The Hall–Kier alpha value is -0.830. The maximum Gasteiger partial charge on any atom is 0.327 e. The number of nitrogens with two attached hydrogens (primary N) is 1. The Labute approximate surface area is 85.9 Å². The van der Waals surface area contributed by atoms with Crippen LogP contribution in [0.1, 0.15) is 6.42 Å². The van der Waals surface area contributed by atoms with Crippen LogP contribution in [0.15, 0.2) is 0 Å². The van der Waals surface area contributed by atoms with Crippen LogP contribution in [0.2, 0.25) is 0 Å². The molecule has 0 atom stereocenters. The Bertz CT molecular complexity index is 183. The van der Waals surface area contributed by atoms with E-state index in [-0.39, 0.29) is 26.1 Å². The molecule has 0 aliphatic carbocycles. The van der Waals surface area contributed by atoms with Crippen molar-refractivity contribution in [3.8, 4) is 0 Å². The molecule has 0 aromatic heterocycles. The van der Waals surface area contributed by atoms with E-state index < -0.39 is 18.9 Å². The summed E-state index contributed by atoms with van der Waals surface area (Å²) in [6.07, 6.45) is -2.57. The van der Waals surface area contributed by atoms with Crippen LogP contribution in [-0.2, 0) is 9.63 Å². The molecule has 4 N–H and O–H groups in total. The third kappa shape index (κ3) is 8.18. The van der Waals surface area contributed by atoms with Crippen LogP contribution in [0, 0.1) is 0 Å². The van der Waals surface area contributed by atoms with Gasteiger partial charge in [-0.15, -0.1) is 0 Å². The molecule has 0 heterocycles. The Balaban J connectivity index is 3.78. The Morgan fingerprint density at radius 1 is 1.53 bits per heavy atom. The van der Waals surface area contributed by atoms with Crippen LogP contribution in [0.25, 0.3) is 0 Å². The van der Waals surface area contributed by atoms with Gasteiger partial charge >= 0.3 is 5.97 Å².